The lowest BCUT2D eigenvalue weighted by molar-refractivity contribution is -0.140. The minimum Gasteiger partial charge on any atom is -0.308 e. The molecule has 1 saturated heterocycles. The van der Waals surface area contributed by atoms with Crippen LogP contribution >= 0.6 is 11.5 Å². The Kier molecular flexibility index (Phi) is 9.77. The van der Waals surface area contributed by atoms with Gasteiger partial charge >= 0.3 is 10.2 Å². The molecule has 1 aromatic carbocycles. The number of fused-ring (bicyclic) bond motifs is 1. The fraction of sp³-hybridized carbons (Fsp3) is 0.591. The monoisotopic (exact) mass is 602 g/mol. The molecule has 1 aromatic heterocycles. The van der Waals surface area contributed by atoms with Crippen LogP contribution in [0.2, 0.25) is 0 Å². The highest BCUT2D eigenvalue weighted by Crippen LogP contribution is 2.34. The van der Waals surface area contributed by atoms with Gasteiger partial charge in [0.05, 0.1) is 23.5 Å². The number of nitrogens with zero attached hydrogens (tertiary/aromatic N) is 8. The Bertz CT molecular complexity index is 1410. The second-order valence-corrected chi connectivity index (χ2v) is 13.8. The van der Waals surface area contributed by atoms with Crippen LogP contribution in [0.5, 0.6) is 0 Å². The lowest BCUT2D eigenvalue weighted by Gasteiger charge is -2.37. The number of hydrogen-bond acceptors (Lipinski definition) is 12. The number of azo groups is 1. The Hall–Kier alpha value is -2.57. The summed E-state index contributed by atoms with van der Waals surface area (Å²) >= 11 is 0.923. The Morgan fingerprint density at radius 3 is 2.00 bits per heavy atom. The second-order valence-electron chi connectivity index (χ2n) is 9.31. The zero-order valence-corrected chi connectivity index (χ0v) is 25.3. The first-order valence-electron chi connectivity index (χ1n) is 12.2. The normalized spacial score (nSPS) is 17.2. The predicted octanol–water partition coefficient (Wildman–Crippen LogP) is 0.818. The maximum atomic E-state index is 13.2. The topological polar surface area (TPSA) is 156 Å². The maximum absolute atomic E-state index is 13.2. The number of sulfonamides is 1. The van der Waals surface area contributed by atoms with Crippen molar-refractivity contribution >= 4 is 59.5 Å². The van der Waals surface area contributed by atoms with E-state index in [9.17, 15) is 26.4 Å². The first-order chi connectivity index (χ1) is 18.2. The number of carbonyl (C=O) groups excluding carboxylic acids is 2. The third-order valence-corrected chi connectivity index (χ3v) is 10.7. The largest absolute Gasteiger partial charge is 0.331 e. The van der Waals surface area contributed by atoms with E-state index in [0.717, 1.165) is 11.5 Å². The molecule has 0 N–H and O–H groups in total. The number of hydrogen-bond donors (Lipinski definition) is 0. The van der Waals surface area contributed by atoms with E-state index in [1.54, 1.807) is 57.9 Å². The molecule has 2 heterocycles. The third-order valence-electron chi connectivity index (χ3n) is 6.05. The standard InChI is InChI=1S/C22H34N8O6S3/c1-7-28(8-2)38(33,34)16-9-10-18-17(15-16)20(37-25-18)24-23-19-21(31)29(13-11-26(3)4)39(35,36)30(22(19)32)14-12-27(5)6/h9-10,15,19H,7-8,11-14H2,1-6H3. The molecule has 0 saturated carbocycles. The lowest BCUT2D eigenvalue weighted by Crippen LogP contribution is -2.63. The van der Waals surface area contributed by atoms with Gasteiger partial charge in [-0.1, -0.05) is 13.8 Å². The molecule has 1 aliphatic heterocycles. The van der Waals surface area contributed by atoms with Gasteiger partial charge in [-0.3, -0.25) is 9.59 Å². The van der Waals surface area contributed by atoms with Gasteiger partial charge in [0.2, 0.25) is 16.1 Å². The maximum Gasteiger partial charge on any atom is 0.331 e. The average molecular weight is 603 g/mol. The predicted molar refractivity (Wildman–Crippen MR) is 147 cm³/mol. The van der Waals surface area contributed by atoms with Crippen molar-refractivity contribution in [2.24, 2.45) is 10.2 Å². The van der Waals surface area contributed by atoms with Crippen molar-refractivity contribution in [2.45, 2.75) is 24.8 Å². The summed E-state index contributed by atoms with van der Waals surface area (Å²) in [4.78, 5) is 29.9. The molecule has 2 aromatic rings. The molecular weight excluding hydrogens is 568 g/mol. The molecule has 2 amide bonds. The van der Waals surface area contributed by atoms with Gasteiger partial charge in [0.15, 0.2) is 5.00 Å². The van der Waals surface area contributed by atoms with Crippen molar-refractivity contribution in [3.8, 4) is 0 Å². The van der Waals surface area contributed by atoms with E-state index in [1.165, 1.54) is 16.4 Å². The zero-order chi connectivity index (χ0) is 29.1. The van der Waals surface area contributed by atoms with Crippen LogP contribution in [0.15, 0.2) is 33.3 Å². The number of benzene rings is 1. The van der Waals surface area contributed by atoms with E-state index < -0.39 is 38.1 Å². The van der Waals surface area contributed by atoms with Crippen molar-refractivity contribution in [2.75, 3.05) is 67.5 Å². The fourth-order valence-electron chi connectivity index (χ4n) is 3.82. The molecule has 1 aliphatic rings. The Labute approximate surface area is 233 Å². The van der Waals surface area contributed by atoms with Crippen molar-refractivity contribution in [3.63, 3.8) is 0 Å². The molecule has 0 unspecified atom stereocenters. The smallest absolute Gasteiger partial charge is 0.308 e. The van der Waals surface area contributed by atoms with Crippen LogP contribution in [0.1, 0.15) is 13.8 Å². The van der Waals surface area contributed by atoms with Gasteiger partial charge < -0.3 is 9.80 Å². The van der Waals surface area contributed by atoms with Gasteiger partial charge in [0.25, 0.3) is 11.8 Å². The van der Waals surface area contributed by atoms with E-state index >= 15 is 0 Å². The molecule has 216 valence electrons. The molecule has 39 heavy (non-hydrogen) atoms. The number of amides is 2. The fourth-order valence-corrected chi connectivity index (χ4v) is 7.51. The van der Waals surface area contributed by atoms with Gasteiger partial charge in [-0.2, -0.15) is 22.2 Å². The quantitative estimate of drug-likeness (QED) is 0.253. The van der Waals surface area contributed by atoms with Crippen molar-refractivity contribution < 1.29 is 26.4 Å². The SMILES string of the molecule is CCN(CC)S(=O)(=O)c1ccc2nsc(N=NC3C(=O)N(CCN(C)C)S(=O)(=O)N(CCN(C)C)C3=O)c2c1. The molecule has 1 fully saturated rings. The summed E-state index contributed by atoms with van der Waals surface area (Å²) < 4.78 is 59.3. The molecule has 0 atom stereocenters. The van der Waals surface area contributed by atoms with E-state index in [1.807, 2.05) is 0 Å². The average Bonchev–Trinajstić information content (AvgIpc) is 3.26. The molecule has 0 radical (unpaired) electrons. The van der Waals surface area contributed by atoms with Gasteiger partial charge in [0.1, 0.15) is 0 Å². The highest BCUT2D eigenvalue weighted by Gasteiger charge is 2.50. The summed E-state index contributed by atoms with van der Waals surface area (Å²) in [7, 11) is -1.22. The number of rotatable bonds is 12. The Morgan fingerprint density at radius 2 is 1.51 bits per heavy atom. The summed E-state index contributed by atoms with van der Waals surface area (Å²) in [5.74, 6) is -1.99. The van der Waals surface area contributed by atoms with Gasteiger partial charge in [-0.25, -0.2) is 17.0 Å². The second kappa shape index (κ2) is 12.3. The van der Waals surface area contributed by atoms with E-state index in [-0.39, 0.29) is 36.1 Å². The number of likely N-dealkylation sites (N-methyl/N-ethyl adjacent to an activating group) is 2. The zero-order valence-electron chi connectivity index (χ0n) is 22.8. The highest BCUT2D eigenvalue weighted by atomic mass is 32.2. The van der Waals surface area contributed by atoms with Crippen LogP contribution in [0, 0.1) is 0 Å². The van der Waals surface area contributed by atoms with Gasteiger partial charge in [-0.15, -0.1) is 5.11 Å². The van der Waals surface area contributed by atoms with E-state index in [0.29, 0.717) is 32.6 Å². The molecule has 3 rings (SSSR count). The minimum absolute atomic E-state index is 0.0518. The number of carbonyl (C=O) groups is 2. The lowest BCUT2D eigenvalue weighted by atomic mass is 10.2. The Morgan fingerprint density at radius 1 is 0.974 bits per heavy atom. The van der Waals surface area contributed by atoms with Crippen LogP contribution in [0.25, 0.3) is 10.9 Å². The summed E-state index contributed by atoms with van der Waals surface area (Å²) in [5.41, 5.74) is 0.469. The van der Waals surface area contributed by atoms with Crippen molar-refractivity contribution in [1.82, 2.24) is 27.1 Å². The van der Waals surface area contributed by atoms with Crippen LogP contribution in [0.4, 0.5) is 5.00 Å². The van der Waals surface area contributed by atoms with Gasteiger partial charge in [-0.05, 0) is 57.9 Å². The van der Waals surface area contributed by atoms with Crippen molar-refractivity contribution in [3.05, 3.63) is 18.2 Å². The Balaban J connectivity index is 2.01. The molecule has 17 heteroatoms. The van der Waals surface area contributed by atoms with Gasteiger partial charge in [0, 0.05) is 31.6 Å². The van der Waals surface area contributed by atoms with Crippen LogP contribution < -0.4 is 0 Å². The first kappa shape index (κ1) is 31.0. The summed E-state index contributed by atoms with van der Waals surface area (Å²) in [6, 6.07) is 2.73. The third kappa shape index (κ3) is 6.44. The van der Waals surface area contributed by atoms with Crippen LogP contribution in [0.3, 0.4) is 0 Å². The van der Waals surface area contributed by atoms with E-state index in [4.69, 9.17) is 0 Å². The first-order valence-corrected chi connectivity index (χ1v) is 15.8. The molecule has 0 aliphatic carbocycles. The highest BCUT2D eigenvalue weighted by molar-refractivity contribution is 7.89. The van der Waals surface area contributed by atoms with Crippen LogP contribution in [-0.4, -0.2) is 129 Å². The van der Waals surface area contributed by atoms with E-state index in [2.05, 4.69) is 14.6 Å². The summed E-state index contributed by atoms with van der Waals surface area (Å²) in [5, 5.41) is 8.65. The summed E-state index contributed by atoms with van der Waals surface area (Å²) in [6.07, 6.45) is 0. The number of aromatic nitrogens is 1. The minimum atomic E-state index is -4.40. The molecule has 0 spiro atoms. The van der Waals surface area contributed by atoms with Crippen molar-refractivity contribution in [1.29, 1.82) is 0 Å². The molecule has 0 bridgehead atoms. The molecular formula is C22H34N8O6S3. The molecule has 14 nitrogen and oxygen atoms in total. The summed E-state index contributed by atoms with van der Waals surface area (Å²) in [6.45, 7) is 4.25. The van der Waals surface area contributed by atoms with Crippen LogP contribution in [-0.2, 0) is 29.8 Å².